The van der Waals surface area contributed by atoms with Gasteiger partial charge in [-0.15, -0.1) is 0 Å². The lowest BCUT2D eigenvalue weighted by atomic mass is 9.86. The fourth-order valence-corrected chi connectivity index (χ4v) is 4.21. The maximum atomic E-state index is 13.0. The van der Waals surface area contributed by atoms with Gasteiger partial charge in [-0.05, 0) is 59.5 Å². The molecule has 0 unspecified atom stereocenters. The van der Waals surface area contributed by atoms with E-state index in [0.717, 1.165) is 24.3 Å². The van der Waals surface area contributed by atoms with Gasteiger partial charge in [0.25, 0.3) is 5.91 Å². The number of urea groups is 1. The van der Waals surface area contributed by atoms with Crippen LogP contribution in [-0.2, 0) is 5.41 Å². The molecule has 0 aliphatic carbocycles. The molecule has 36 heavy (non-hydrogen) atoms. The van der Waals surface area contributed by atoms with Crippen LogP contribution in [0.25, 0.3) is 0 Å². The number of carbonyl (C=O) groups excluding carboxylic acids is 2. The van der Waals surface area contributed by atoms with Crippen molar-refractivity contribution in [2.75, 3.05) is 48.8 Å². The largest absolute Gasteiger partial charge is 0.497 e. The van der Waals surface area contributed by atoms with Crippen LogP contribution >= 0.6 is 0 Å². The highest BCUT2D eigenvalue weighted by atomic mass is 16.5. The molecule has 2 N–H and O–H groups in total. The predicted octanol–water partition coefficient (Wildman–Crippen LogP) is 5.60. The third kappa shape index (κ3) is 6.16. The standard InChI is InChI=1S/C29H34N4O3/c1-29(2,3)22-10-8-21(9-11-22)27(34)33-18-16-32(17-19-33)25-14-12-23(13-15-25)30-28(35)31-24-6-5-7-26(20-24)36-4/h5-15,20H,16-19H2,1-4H3,(H2,30,31,35). The fraction of sp³-hybridized carbons (Fsp3) is 0.310. The van der Waals surface area contributed by atoms with Gasteiger partial charge in [0.1, 0.15) is 5.75 Å². The first-order valence-electron chi connectivity index (χ1n) is 12.2. The molecule has 1 heterocycles. The fourth-order valence-electron chi connectivity index (χ4n) is 4.21. The smallest absolute Gasteiger partial charge is 0.323 e. The van der Waals surface area contributed by atoms with E-state index in [0.29, 0.717) is 30.2 Å². The van der Waals surface area contributed by atoms with Gasteiger partial charge < -0.3 is 25.2 Å². The number of nitrogens with zero attached hydrogens (tertiary/aromatic N) is 2. The molecule has 4 rings (SSSR count). The Balaban J connectivity index is 1.28. The van der Waals surface area contributed by atoms with Gasteiger partial charge in [0.15, 0.2) is 0 Å². The van der Waals surface area contributed by atoms with E-state index in [1.165, 1.54) is 5.56 Å². The van der Waals surface area contributed by atoms with Crippen LogP contribution in [0.15, 0.2) is 72.8 Å². The number of rotatable bonds is 5. The zero-order valence-electron chi connectivity index (χ0n) is 21.4. The van der Waals surface area contributed by atoms with Crippen LogP contribution in [0.4, 0.5) is 21.9 Å². The predicted molar refractivity (Wildman–Crippen MR) is 145 cm³/mol. The monoisotopic (exact) mass is 486 g/mol. The molecule has 3 aromatic rings. The van der Waals surface area contributed by atoms with Crippen LogP contribution in [0.2, 0.25) is 0 Å². The van der Waals surface area contributed by atoms with Crippen LogP contribution < -0.4 is 20.3 Å². The average molecular weight is 487 g/mol. The van der Waals surface area contributed by atoms with Crippen LogP contribution in [0.3, 0.4) is 0 Å². The van der Waals surface area contributed by atoms with Gasteiger partial charge in [-0.25, -0.2) is 4.79 Å². The highest BCUT2D eigenvalue weighted by Gasteiger charge is 2.23. The van der Waals surface area contributed by atoms with E-state index in [9.17, 15) is 9.59 Å². The quantitative estimate of drug-likeness (QED) is 0.492. The SMILES string of the molecule is COc1cccc(NC(=O)Nc2ccc(N3CCN(C(=O)c4ccc(C(C)(C)C)cc4)CC3)cc2)c1. The number of amides is 3. The minimum Gasteiger partial charge on any atom is -0.497 e. The van der Waals surface area contributed by atoms with E-state index in [1.807, 2.05) is 53.4 Å². The summed E-state index contributed by atoms with van der Waals surface area (Å²) in [6.45, 7) is 9.36. The third-order valence-corrected chi connectivity index (χ3v) is 6.38. The van der Waals surface area contributed by atoms with Crippen molar-refractivity contribution in [2.24, 2.45) is 0 Å². The third-order valence-electron chi connectivity index (χ3n) is 6.38. The van der Waals surface area contributed by atoms with Crippen LogP contribution in [0.5, 0.6) is 5.75 Å². The van der Waals surface area contributed by atoms with E-state index >= 15 is 0 Å². The minimum absolute atomic E-state index is 0.0676. The molecular formula is C29H34N4O3. The first kappa shape index (κ1) is 25.1. The van der Waals surface area contributed by atoms with Crippen molar-refractivity contribution in [2.45, 2.75) is 26.2 Å². The average Bonchev–Trinajstić information content (AvgIpc) is 2.88. The molecule has 7 nitrogen and oxygen atoms in total. The second kappa shape index (κ2) is 10.7. The molecular weight excluding hydrogens is 452 g/mol. The number of methoxy groups -OCH3 is 1. The van der Waals surface area contributed by atoms with E-state index in [2.05, 4.69) is 48.4 Å². The van der Waals surface area contributed by atoms with Gasteiger partial charge >= 0.3 is 6.03 Å². The summed E-state index contributed by atoms with van der Waals surface area (Å²) in [6.07, 6.45) is 0. The number of anilines is 3. The lowest BCUT2D eigenvalue weighted by Crippen LogP contribution is -2.48. The summed E-state index contributed by atoms with van der Waals surface area (Å²) in [4.78, 5) is 29.5. The van der Waals surface area contributed by atoms with E-state index < -0.39 is 0 Å². The van der Waals surface area contributed by atoms with Crippen molar-refractivity contribution in [3.05, 3.63) is 83.9 Å². The molecule has 188 valence electrons. The van der Waals surface area contributed by atoms with Crippen molar-refractivity contribution < 1.29 is 14.3 Å². The number of carbonyl (C=O) groups is 2. The summed E-state index contributed by atoms with van der Waals surface area (Å²) in [5, 5.41) is 5.65. The molecule has 3 aromatic carbocycles. The van der Waals surface area contributed by atoms with Gasteiger partial charge in [0.2, 0.25) is 0 Å². The number of ether oxygens (including phenoxy) is 1. The first-order chi connectivity index (χ1) is 17.2. The van der Waals surface area contributed by atoms with E-state index in [1.54, 1.807) is 19.2 Å². The molecule has 0 atom stereocenters. The summed E-state index contributed by atoms with van der Waals surface area (Å²) in [6, 6.07) is 22.6. The zero-order valence-corrected chi connectivity index (χ0v) is 21.4. The molecule has 0 spiro atoms. The van der Waals surface area contributed by atoms with Crippen LogP contribution in [-0.4, -0.2) is 50.1 Å². The Labute approximate surface area is 213 Å². The first-order valence-corrected chi connectivity index (χ1v) is 12.2. The molecule has 0 radical (unpaired) electrons. The molecule has 7 heteroatoms. The number of benzene rings is 3. The summed E-state index contributed by atoms with van der Waals surface area (Å²) >= 11 is 0. The molecule has 1 fully saturated rings. The summed E-state index contributed by atoms with van der Waals surface area (Å²) < 4.78 is 5.18. The Hall–Kier alpha value is -4.00. The lowest BCUT2D eigenvalue weighted by molar-refractivity contribution is 0.0746. The molecule has 1 saturated heterocycles. The number of hydrogen-bond donors (Lipinski definition) is 2. The normalized spacial score (nSPS) is 13.8. The molecule has 1 aliphatic heterocycles. The molecule has 0 aromatic heterocycles. The number of hydrogen-bond acceptors (Lipinski definition) is 4. The van der Waals surface area contributed by atoms with Gasteiger partial charge in [0.05, 0.1) is 7.11 Å². The maximum absolute atomic E-state index is 13.0. The minimum atomic E-state index is -0.321. The van der Waals surface area contributed by atoms with Gasteiger partial charge in [-0.3, -0.25) is 4.79 Å². The van der Waals surface area contributed by atoms with Crippen molar-refractivity contribution in [1.29, 1.82) is 0 Å². The highest BCUT2D eigenvalue weighted by molar-refractivity contribution is 6.00. The van der Waals surface area contributed by atoms with Crippen LogP contribution in [0, 0.1) is 0 Å². The Morgan fingerprint density at radius 2 is 1.44 bits per heavy atom. The Bertz CT molecular complexity index is 1190. The van der Waals surface area contributed by atoms with Crippen molar-refractivity contribution in [3.8, 4) is 5.75 Å². The van der Waals surface area contributed by atoms with Gasteiger partial charge in [-0.1, -0.05) is 39.0 Å². The number of piperazine rings is 1. The Kier molecular flexibility index (Phi) is 7.48. The summed E-state index contributed by atoms with van der Waals surface area (Å²) in [5.74, 6) is 0.758. The van der Waals surface area contributed by atoms with Gasteiger partial charge in [0, 0.05) is 54.9 Å². The summed E-state index contributed by atoms with van der Waals surface area (Å²) in [7, 11) is 1.59. The zero-order chi connectivity index (χ0) is 25.7. The maximum Gasteiger partial charge on any atom is 0.323 e. The molecule has 3 amide bonds. The Morgan fingerprint density at radius 3 is 2.06 bits per heavy atom. The van der Waals surface area contributed by atoms with E-state index in [-0.39, 0.29) is 17.4 Å². The molecule has 1 aliphatic rings. The molecule has 0 saturated carbocycles. The second-order valence-electron chi connectivity index (χ2n) is 9.96. The van der Waals surface area contributed by atoms with Crippen LogP contribution in [0.1, 0.15) is 36.7 Å². The number of nitrogens with one attached hydrogen (secondary N) is 2. The van der Waals surface area contributed by atoms with Crippen molar-refractivity contribution in [3.63, 3.8) is 0 Å². The van der Waals surface area contributed by atoms with E-state index in [4.69, 9.17) is 4.74 Å². The Morgan fingerprint density at radius 1 is 0.806 bits per heavy atom. The van der Waals surface area contributed by atoms with Gasteiger partial charge in [-0.2, -0.15) is 0 Å². The second-order valence-corrected chi connectivity index (χ2v) is 9.96. The lowest BCUT2D eigenvalue weighted by Gasteiger charge is -2.36. The summed E-state index contributed by atoms with van der Waals surface area (Å²) in [5.41, 5.74) is 4.44. The topological polar surface area (TPSA) is 73.9 Å². The highest BCUT2D eigenvalue weighted by Crippen LogP contribution is 2.24. The molecule has 0 bridgehead atoms. The van der Waals surface area contributed by atoms with Crippen molar-refractivity contribution in [1.82, 2.24) is 4.90 Å². The van der Waals surface area contributed by atoms with Crippen molar-refractivity contribution >= 4 is 29.0 Å².